The maximum atomic E-state index is 5.93. The van der Waals surface area contributed by atoms with E-state index in [1.165, 1.54) is 0 Å². The zero-order chi connectivity index (χ0) is 13.0. The van der Waals surface area contributed by atoms with E-state index >= 15 is 0 Å². The summed E-state index contributed by atoms with van der Waals surface area (Å²) >= 11 is 0. The normalized spacial score (nSPS) is 16.1. The van der Waals surface area contributed by atoms with E-state index in [4.69, 9.17) is 5.73 Å². The van der Waals surface area contributed by atoms with Crippen LogP contribution in [0.4, 0.5) is 11.6 Å². The highest BCUT2D eigenvalue weighted by molar-refractivity contribution is 5.85. The van der Waals surface area contributed by atoms with Crippen LogP contribution in [0.5, 0.6) is 0 Å². The van der Waals surface area contributed by atoms with Gasteiger partial charge < -0.3 is 15.5 Å². The predicted octanol–water partition coefficient (Wildman–Crippen LogP) is 1.67. The average Bonchev–Trinajstić information content (AvgIpc) is 2.41. The van der Waals surface area contributed by atoms with Gasteiger partial charge in [-0.05, 0) is 26.7 Å². The van der Waals surface area contributed by atoms with Gasteiger partial charge in [0.05, 0.1) is 0 Å². The van der Waals surface area contributed by atoms with Gasteiger partial charge in [-0.1, -0.05) is 0 Å². The first kappa shape index (κ1) is 16.0. The van der Waals surface area contributed by atoms with E-state index in [-0.39, 0.29) is 12.4 Å². The standard InChI is InChI=1S/C13H23N5.ClH/c1-3-17(4-2)12-9-13(16-10-15-12)18-7-5-11(14)6-8-18;/h9-11H,3-8,14H2,1-2H3;1H. The van der Waals surface area contributed by atoms with Crippen LogP contribution in [0.3, 0.4) is 0 Å². The van der Waals surface area contributed by atoms with Gasteiger partial charge in [-0.2, -0.15) is 0 Å². The highest BCUT2D eigenvalue weighted by Gasteiger charge is 2.18. The Hall–Kier alpha value is -1.07. The quantitative estimate of drug-likeness (QED) is 0.912. The summed E-state index contributed by atoms with van der Waals surface area (Å²) in [6, 6.07) is 2.44. The molecule has 0 atom stereocenters. The Bertz CT molecular complexity index is 375. The maximum Gasteiger partial charge on any atom is 0.134 e. The zero-order valence-electron chi connectivity index (χ0n) is 11.7. The molecule has 0 spiro atoms. The third-order valence-electron chi connectivity index (χ3n) is 3.59. The van der Waals surface area contributed by atoms with E-state index in [1.807, 2.05) is 0 Å². The Labute approximate surface area is 121 Å². The minimum Gasteiger partial charge on any atom is -0.357 e. The van der Waals surface area contributed by atoms with Crippen molar-refractivity contribution in [2.45, 2.75) is 32.7 Å². The molecule has 0 saturated carbocycles. The monoisotopic (exact) mass is 285 g/mol. The molecule has 2 heterocycles. The molecule has 0 unspecified atom stereocenters. The summed E-state index contributed by atoms with van der Waals surface area (Å²) in [6.45, 7) is 8.22. The highest BCUT2D eigenvalue weighted by Crippen LogP contribution is 2.20. The van der Waals surface area contributed by atoms with E-state index < -0.39 is 0 Å². The smallest absolute Gasteiger partial charge is 0.134 e. The molecule has 0 bridgehead atoms. The first-order chi connectivity index (χ1) is 8.74. The second-order valence-corrected chi connectivity index (χ2v) is 4.73. The van der Waals surface area contributed by atoms with Crippen molar-refractivity contribution >= 4 is 24.0 Å². The van der Waals surface area contributed by atoms with E-state index in [9.17, 15) is 0 Å². The Morgan fingerprint density at radius 1 is 1.26 bits per heavy atom. The lowest BCUT2D eigenvalue weighted by atomic mass is 10.1. The second-order valence-electron chi connectivity index (χ2n) is 4.73. The summed E-state index contributed by atoms with van der Waals surface area (Å²) in [6.07, 6.45) is 3.76. The first-order valence-corrected chi connectivity index (χ1v) is 6.82. The fourth-order valence-corrected chi connectivity index (χ4v) is 2.36. The molecule has 1 aliphatic heterocycles. The molecule has 19 heavy (non-hydrogen) atoms. The van der Waals surface area contributed by atoms with Gasteiger partial charge >= 0.3 is 0 Å². The van der Waals surface area contributed by atoms with Crippen molar-refractivity contribution in [2.24, 2.45) is 5.73 Å². The van der Waals surface area contributed by atoms with Gasteiger partial charge in [-0.15, -0.1) is 12.4 Å². The summed E-state index contributed by atoms with van der Waals surface area (Å²) in [7, 11) is 0. The largest absolute Gasteiger partial charge is 0.357 e. The number of nitrogens with two attached hydrogens (primary N) is 1. The molecule has 5 nitrogen and oxygen atoms in total. The van der Waals surface area contributed by atoms with E-state index in [2.05, 4.69) is 39.7 Å². The van der Waals surface area contributed by atoms with Crippen molar-refractivity contribution in [3.63, 3.8) is 0 Å². The molecule has 0 amide bonds. The van der Waals surface area contributed by atoms with Gasteiger partial charge in [0.25, 0.3) is 0 Å². The van der Waals surface area contributed by atoms with Crippen molar-refractivity contribution in [2.75, 3.05) is 36.0 Å². The van der Waals surface area contributed by atoms with Crippen LogP contribution in [0.2, 0.25) is 0 Å². The van der Waals surface area contributed by atoms with Crippen LogP contribution >= 0.6 is 12.4 Å². The molecule has 108 valence electrons. The Kier molecular flexibility index (Phi) is 6.31. The fourth-order valence-electron chi connectivity index (χ4n) is 2.36. The third-order valence-corrected chi connectivity index (χ3v) is 3.59. The molecular weight excluding hydrogens is 262 g/mol. The summed E-state index contributed by atoms with van der Waals surface area (Å²) in [5.74, 6) is 2.04. The van der Waals surface area contributed by atoms with Crippen LogP contribution in [-0.4, -0.2) is 42.2 Å². The van der Waals surface area contributed by atoms with E-state index in [0.717, 1.165) is 50.7 Å². The van der Waals surface area contributed by atoms with Gasteiger partial charge in [0.1, 0.15) is 18.0 Å². The van der Waals surface area contributed by atoms with Crippen molar-refractivity contribution in [3.8, 4) is 0 Å². The number of aromatic nitrogens is 2. The number of piperidine rings is 1. The topological polar surface area (TPSA) is 58.3 Å². The van der Waals surface area contributed by atoms with Crippen LogP contribution in [0.15, 0.2) is 12.4 Å². The summed E-state index contributed by atoms with van der Waals surface area (Å²) in [5, 5.41) is 0. The first-order valence-electron chi connectivity index (χ1n) is 6.82. The van der Waals surface area contributed by atoms with Crippen molar-refractivity contribution in [3.05, 3.63) is 12.4 Å². The molecule has 2 rings (SSSR count). The molecule has 0 aromatic carbocycles. The van der Waals surface area contributed by atoms with Crippen molar-refractivity contribution in [1.82, 2.24) is 9.97 Å². The average molecular weight is 286 g/mol. The number of nitrogens with zero attached hydrogens (tertiary/aromatic N) is 4. The van der Waals surface area contributed by atoms with Gasteiger partial charge in [0.15, 0.2) is 0 Å². The van der Waals surface area contributed by atoms with E-state index in [0.29, 0.717) is 6.04 Å². The molecule has 1 aromatic heterocycles. The van der Waals surface area contributed by atoms with Crippen LogP contribution in [0, 0.1) is 0 Å². The van der Waals surface area contributed by atoms with Gasteiger partial charge in [0.2, 0.25) is 0 Å². The van der Waals surface area contributed by atoms with Crippen LogP contribution in [0.1, 0.15) is 26.7 Å². The van der Waals surface area contributed by atoms with Crippen LogP contribution in [0.25, 0.3) is 0 Å². The summed E-state index contributed by atoms with van der Waals surface area (Å²) in [4.78, 5) is 13.3. The third kappa shape index (κ3) is 3.94. The lowest BCUT2D eigenvalue weighted by molar-refractivity contribution is 0.498. The van der Waals surface area contributed by atoms with Crippen LogP contribution < -0.4 is 15.5 Å². The molecule has 0 radical (unpaired) electrons. The zero-order valence-corrected chi connectivity index (χ0v) is 12.6. The Morgan fingerprint density at radius 2 is 1.89 bits per heavy atom. The van der Waals surface area contributed by atoms with Gasteiger partial charge in [-0.25, -0.2) is 9.97 Å². The second kappa shape index (κ2) is 7.50. The number of anilines is 2. The number of rotatable bonds is 4. The van der Waals surface area contributed by atoms with Gasteiger partial charge in [0, 0.05) is 38.3 Å². The maximum absolute atomic E-state index is 5.93. The highest BCUT2D eigenvalue weighted by atomic mass is 35.5. The lowest BCUT2D eigenvalue weighted by Crippen LogP contribution is -2.40. The Balaban J connectivity index is 0.00000180. The number of hydrogen-bond acceptors (Lipinski definition) is 5. The number of halogens is 1. The molecule has 1 aromatic rings. The molecule has 1 saturated heterocycles. The molecule has 6 heteroatoms. The predicted molar refractivity (Wildman–Crippen MR) is 82.3 cm³/mol. The molecule has 1 fully saturated rings. The summed E-state index contributed by atoms with van der Waals surface area (Å²) < 4.78 is 0. The molecule has 0 aliphatic carbocycles. The van der Waals surface area contributed by atoms with E-state index in [1.54, 1.807) is 6.33 Å². The minimum absolute atomic E-state index is 0. The fraction of sp³-hybridized carbons (Fsp3) is 0.692. The summed E-state index contributed by atoms with van der Waals surface area (Å²) in [5.41, 5.74) is 5.93. The van der Waals surface area contributed by atoms with Crippen molar-refractivity contribution < 1.29 is 0 Å². The van der Waals surface area contributed by atoms with Crippen molar-refractivity contribution in [1.29, 1.82) is 0 Å². The SMILES string of the molecule is CCN(CC)c1cc(N2CCC(N)CC2)ncn1.Cl. The van der Waals surface area contributed by atoms with Gasteiger partial charge in [-0.3, -0.25) is 0 Å². The number of hydrogen-bond donors (Lipinski definition) is 1. The lowest BCUT2D eigenvalue weighted by Gasteiger charge is -2.31. The molecule has 2 N–H and O–H groups in total. The Morgan fingerprint density at radius 3 is 2.47 bits per heavy atom. The van der Waals surface area contributed by atoms with Crippen LogP contribution in [-0.2, 0) is 0 Å². The molecular formula is C13H24ClN5. The minimum atomic E-state index is 0. The molecule has 1 aliphatic rings.